The number of nitrogens with zero attached hydrogens (tertiary/aromatic N) is 3. The van der Waals surface area contributed by atoms with Crippen molar-refractivity contribution in [2.45, 2.75) is 58.1 Å². The number of nitrogens with two attached hydrogens (primary N) is 1. The molecule has 1 saturated carbocycles. The van der Waals surface area contributed by atoms with Gasteiger partial charge in [0.05, 0.1) is 11.4 Å². The molecule has 1 heterocycles. The molecular formula is C12H20N4O. The Morgan fingerprint density at radius 1 is 1.18 bits per heavy atom. The zero-order valence-corrected chi connectivity index (χ0v) is 10.5. The van der Waals surface area contributed by atoms with E-state index in [1.54, 1.807) is 0 Å². The summed E-state index contributed by atoms with van der Waals surface area (Å²) in [5.41, 5.74) is 7.79. The fourth-order valence-corrected chi connectivity index (χ4v) is 2.20. The van der Waals surface area contributed by atoms with E-state index in [9.17, 15) is 0 Å². The van der Waals surface area contributed by atoms with Crippen LogP contribution in [0, 0.1) is 0 Å². The van der Waals surface area contributed by atoms with E-state index >= 15 is 0 Å². The van der Waals surface area contributed by atoms with E-state index in [4.69, 9.17) is 10.5 Å². The lowest BCUT2D eigenvalue weighted by atomic mass is 10.2. The van der Waals surface area contributed by atoms with Crippen molar-refractivity contribution < 1.29 is 4.74 Å². The van der Waals surface area contributed by atoms with Crippen molar-refractivity contribution >= 4 is 0 Å². The predicted octanol–water partition coefficient (Wildman–Crippen LogP) is 1.25. The lowest BCUT2D eigenvalue weighted by molar-refractivity contribution is 0.187. The Morgan fingerprint density at radius 2 is 1.94 bits per heavy atom. The second-order valence-corrected chi connectivity index (χ2v) is 4.51. The minimum absolute atomic E-state index is 0.156. The molecule has 2 rings (SSSR count). The molecule has 5 heteroatoms. The Balaban J connectivity index is 2.06. The summed E-state index contributed by atoms with van der Waals surface area (Å²) in [7, 11) is 0. The van der Waals surface area contributed by atoms with Gasteiger partial charge in [0.1, 0.15) is 6.10 Å². The molecule has 1 aromatic heterocycles. The molecule has 0 amide bonds. The Kier molecular flexibility index (Phi) is 3.89. The molecule has 2 atom stereocenters. The van der Waals surface area contributed by atoms with E-state index in [0.717, 1.165) is 43.5 Å². The van der Waals surface area contributed by atoms with Gasteiger partial charge in [0, 0.05) is 6.04 Å². The van der Waals surface area contributed by atoms with Crippen LogP contribution in [0.3, 0.4) is 0 Å². The van der Waals surface area contributed by atoms with Crippen LogP contribution in [0.25, 0.3) is 0 Å². The monoisotopic (exact) mass is 236 g/mol. The fourth-order valence-electron chi connectivity index (χ4n) is 2.20. The second-order valence-electron chi connectivity index (χ2n) is 4.51. The average Bonchev–Trinajstić information content (AvgIpc) is 2.74. The third-order valence-electron chi connectivity index (χ3n) is 3.19. The summed E-state index contributed by atoms with van der Waals surface area (Å²) < 4.78 is 5.72. The number of aryl methyl sites for hydroxylation is 2. The summed E-state index contributed by atoms with van der Waals surface area (Å²) in [4.78, 5) is 4.41. The number of rotatable bonds is 4. The topological polar surface area (TPSA) is 73.9 Å². The molecule has 0 saturated heterocycles. The van der Waals surface area contributed by atoms with Crippen LogP contribution in [-0.2, 0) is 12.8 Å². The molecule has 0 radical (unpaired) electrons. The summed E-state index contributed by atoms with van der Waals surface area (Å²) in [6.07, 6.45) is 4.77. The maximum atomic E-state index is 5.84. The van der Waals surface area contributed by atoms with Gasteiger partial charge in [0.2, 0.25) is 0 Å². The SMILES string of the molecule is CCc1nnc(OC2CCC(N)C2)nc1CC. The van der Waals surface area contributed by atoms with Gasteiger partial charge >= 0.3 is 6.01 Å². The zero-order chi connectivity index (χ0) is 12.3. The summed E-state index contributed by atoms with van der Waals surface area (Å²) in [5.74, 6) is 0. The van der Waals surface area contributed by atoms with Crippen molar-refractivity contribution in [2.24, 2.45) is 5.73 Å². The van der Waals surface area contributed by atoms with Crippen molar-refractivity contribution in [3.63, 3.8) is 0 Å². The van der Waals surface area contributed by atoms with Crippen LogP contribution in [0.2, 0.25) is 0 Å². The number of hydrogen-bond acceptors (Lipinski definition) is 5. The minimum atomic E-state index is 0.156. The molecule has 94 valence electrons. The molecule has 2 unspecified atom stereocenters. The van der Waals surface area contributed by atoms with Gasteiger partial charge in [-0.1, -0.05) is 18.9 Å². The van der Waals surface area contributed by atoms with Gasteiger partial charge in [0.25, 0.3) is 0 Å². The maximum absolute atomic E-state index is 5.84. The van der Waals surface area contributed by atoms with E-state index in [1.165, 1.54) is 0 Å². The first-order valence-corrected chi connectivity index (χ1v) is 6.37. The molecule has 0 spiro atoms. The van der Waals surface area contributed by atoms with Crippen LogP contribution in [0.1, 0.15) is 44.5 Å². The van der Waals surface area contributed by atoms with Crippen molar-refractivity contribution in [2.75, 3.05) is 0 Å². The smallest absolute Gasteiger partial charge is 0.336 e. The molecule has 1 aliphatic rings. The highest BCUT2D eigenvalue weighted by atomic mass is 16.5. The fraction of sp³-hybridized carbons (Fsp3) is 0.750. The Labute approximate surface area is 102 Å². The highest BCUT2D eigenvalue weighted by Crippen LogP contribution is 2.21. The van der Waals surface area contributed by atoms with E-state index < -0.39 is 0 Å². The van der Waals surface area contributed by atoms with Crippen molar-refractivity contribution in [3.05, 3.63) is 11.4 Å². The maximum Gasteiger partial charge on any atom is 0.336 e. The van der Waals surface area contributed by atoms with E-state index in [1.807, 2.05) is 0 Å². The lowest BCUT2D eigenvalue weighted by Crippen LogP contribution is -2.20. The predicted molar refractivity (Wildman–Crippen MR) is 64.8 cm³/mol. The number of aromatic nitrogens is 3. The van der Waals surface area contributed by atoms with Gasteiger partial charge in [-0.25, -0.2) is 0 Å². The van der Waals surface area contributed by atoms with Gasteiger partial charge < -0.3 is 10.5 Å². The van der Waals surface area contributed by atoms with Gasteiger partial charge in [-0.2, -0.15) is 4.98 Å². The van der Waals surface area contributed by atoms with Crippen LogP contribution in [0.5, 0.6) is 6.01 Å². The molecule has 17 heavy (non-hydrogen) atoms. The number of ether oxygens (including phenoxy) is 1. The molecule has 5 nitrogen and oxygen atoms in total. The van der Waals surface area contributed by atoms with Gasteiger partial charge in [0.15, 0.2) is 0 Å². The van der Waals surface area contributed by atoms with E-state index in [2.05, 4.69) is 29.0 Å². The highest BCUT2D eigenvalue weighted by Gasteiger charge is 2.24. The minimum Gasteiger partial charge on any atom is -0.459 e. The summed E-state index contributed by atoms with van der Waals surface area (Å²) in [6.45, 7) is 4.12. The van der Waals surface area contributed by atoms with E-state index in [-0.39, 0.29) is 12.1 Å². The summed E-state index contributed by atoms with van der Waals surface area (Å²) >= 11 is 0. The van der Waals surface area contributed by atoms with Crippen LogP contribution in [0.15, 0.2) is 0 Å². The van der Waals surface area contributed by atoms with Crippen LogP contribution >= 0.6 is 0 Å². The highest BCUT2D eigenvalue weighted by molar-refractivity contribution is 5.12. The molecule has 1 aliphatic carbocycles. The molecule has 0 aromatic carbocycles. The van der Waals surface area contributed by atoms with Crippen molar-refractivity contribution in [3.8, 4) is 6.01 Å². The van der Waals surface area contributed by atoms with Crippen molar-refractivity contribution in [1.82, 2.24) is 15.2 Å². The molecule has 1 aromatic rings. The van der Waals surface area contributed by atoms with Crippen molar-refractivity contribution in [1.29, 1.82) is 0 Å². The third kappa shape index (κ3) is 2.91. The molecular weight excluding hydrogens is 216 g/mol. The molecule has 0 aliphatic heterocycles. The quantitative estimate of drug-likeness (QED) is 0.851. The second kappa shape index (κ2) is 5.40. The average molecular weight is 236 g/mol. The van der Waals surface area contributed by atoms with Crippen LogP contribution in [-0.4, -0.2) is 27.3 Å². The first kappa shape index (κ1) is 12.2. The Bertz CT molecular complexity index is 383. The van der Waals surface area contributed by atoms with Gasteiger partial charge in [-0.05, 0) is 32.1 Å². The number of hydrogen-bond donors (Lipinski definition) is 1. The summed E-state index contributed by atoms with van der Waals surface area (Å²) in [6, 6.07) is 0.659. The largest absolute Gasteiger partial charge is 0.459 e. The van der Waals surface area contributed by atoms with Gasteiger partial charge in [-0.3, -0.25) is 0 Å². The zero-order valence-electron chi connectivity index (χ0n) is 10.5. The van der Waals surface area contributed by atoms with Crippen LogP contribution < -0.4 is 10.5 Å². The normalized spacial score (nSPS) is 23.9. The Morgan fingerprint density at radius 3 is 2.53 bits per heavy atom. The van der Waals surface area contributed by atoms with Gasteiger partial charge in [-0.15, -0.1) is 5.10 Å². The Hall–Kier alpha value is -1.23. The third-order valence-corrected chi connectivity index (χ3v) is 3.19. The first-order valence-electron chi connectivity index (χ1n) is 6.37. The standard InChI is InChI=1S/C12H20N4O/c1-3-10-11(4-2)15-16-12(14-10)17-9-6-5-8(13)7-9/h8-9H,3-7,13H2,1-2H3. The lowest BCUT2D eigenvalue weighted by Gasteiger charge is -2.12. The van der Waals surface area contributed by atoms with Crippen LogP contribution in [0.4, 0.5) is 0 Å². The first-order chi connectivity index (χ1) is 8.22. The molecule has 0 bridgehead atoms. The molecule has 2 N–H and O–H groups in total. The summed E-state index contributed by atoms with van der Waals surface area (Å²) in [5, 5.41) is 8.18. The molecule has 1 fully saturated rings. The van der Waals surface area contributed by atoms with E-state index in [0.29, 0.717) is 6.01 Å².